The number of imidazole rings is 1. The zero-order valence-corrected chi connectivity index (χ0v) is 10.2. The molecule has 0 fully saturated rings. The van der Waals surface area contributed by atoms with Gasteiger partial charge in [0.2, 0.25) is 5.95 Å². The van der Waals surface area contributed by atoms with Crippen LogP contribution in [0.3, 0.4) is 0 Å². The van der Waals surface area contributed by atoms with E-state index in [4.69, 9.17) is 5.73 Å². The maximum atomic E-state index is 5.86. The second-order valence-electron chi connectivity index (χ2n) is 4.34. The fourth-order valence-corrected chi connectivity index (χ4v) is 2.15. The molecule has 0 saturated carbocycles. The summed E-state index contributed by atoms with van der Waals surface area (Å²) in [4.78, 5) is 8.56. The van der Waals surface area contributed by atoms with Gasteiger partial charge in [-0.15, -0.1) is 0 Å². The lowest BCUT2D eigenvalue weighted by Crippen LogP contribution is -2.07. The van der Waals surface area contributed by atoms with Crippen LogP contribution in [-0.2, 0) is 6.54 Å². The van der Waals surface area contributed by atoms with Crippen LogP contribution >= 0.6 is 0 Å². The van der Waals surface area contributed by atoms with Crippen LogP contribution in [0.25, 0.3) is 10.9 Å². The van der Waals surface area contributed by atoms with Crippen LogP contribution < -0.4 is 5.73 Å². The molecular weight excluding hydrogens is 224 g/mol. The molecule has 90 valence electrons. The molecular formula is C14H14N4. The minimum absolute atomic E-state index is 0.542. The molecule has 3 aromatic rings. The molecule has 0 aliphatic rings. The van der Waals surface area contributed by atoms with E-state index in [0.29, 0.717) is 12.5 Å². The molecule has 0 spiro atoms. The van der Waals surface area contributed by atoms with Crippen LogP contribution in [0.4, 0.5) is 5.95 Å². The summed E-state index contributed by atoms with van der Waals surface area (Å²) in [5.74, 6) is 0.542. The van der Waals surface area contributed by atoms with Crippen molar-refractivity contribution in [1.82, 2.24) is 14.5 Å². The fourth-order valence-electron chi connectivity index (χ4n) is 2.15. The van der Waals surface area contributed by atoms with E-state index < -0.39 is 0 Å². The quantitative estimate of drug-likeness (QED) is 0.745. The summed E-state index contributed by atoms with van der Waals surface area (Å²) in [7, 11) is 0. The second-order valence-corrected chi connectivity index (χ2v) is 4.34. The fraction of sp³-hybridized carbons (Fsp3) is 0.143. The number of benzene rings is 1. The lowest BCUT2D eigenvalue weighted by atomic mass is 10.1. The first kappa shape index (κ1) is 10.8. The summed E-state index contributed by atoms with van der Waals surface area (Å²) in [5, 5.41) is 1.14. The van der Waals surface area contributed by atoms with Gasteiger partial charge in [0.15, 0.2) is 0 Å². The minimum Gasteiger partial charge on any atom is -0.369 e. The highest BCUT2D eigenvalue weighted by Crippen LogP contribution is 2.18. The molecule has 1 aromatic carbocycles. The van der Waals surface area contributed by atoms with Crippen molar-refractivity contribution in [2.75, 3.05) is 5.73 Å². The number of nitrogens with zero attached hydrogens (tertiary/aromatic N) is 3. The molecule has 0 radical (unpaired) electrons. The van der Waals surface area contributed by atoms with Crippen LogP contribution in [0, 0.1) is 6.92 Å². The number of hydrogen-bond donors (Lipinski definition) is 1. The third-order valence-electron chi connectivity index (χ3n) is 3.13. The van der Waals surface area contributed by atoms with Crippen molar-refractivity contribution in [3.8, 4) is 0 Å². The summed E-state index contributed by atoms with van der Waals surface area (Å²) in [6, 6.07) is 10.2. The number of para-hydroxylation sites is 1. The van der Waals surface area contributed by atoms with Gasteiger partial charge in [-0.3, -0.25) is 4.98 Å². The average molecular weight is 238 g/mol. The first-order valence-corrected chi connectivity index (χ1v) is 5.86. The third kappa shape index (κ3) is 1.72. The molecule has 0 aliphatic heterocycles. The maximum Gasteiger partial charge on any atom is 0.200 e. The molecule has 0 unspecified atom stereocenters. The van der Waals surface area contributed by atoms with Crippen molar-refractivity contribution in [2.45, 2.75) is 13.5 Å². The van der Waals surface area contributed by atoms with Crippen molar-refractivity contribution in [1.29, 1.82) is 0 Å². The standard InChI is InChI=1S/C14H14N4/c1-10-8-17-14(15)18(10)9-12-5-2-4-11-6-3-7-16-13(11)12/h2-8H,9H2,1H3,(H2,15,17). The van der Waals surface area contributed by atoms with Crippen LogP contribution in [0.5, 0.6) is 0 Å². The molecule has 18 heavy (non-hydrogen) atoms. The van der Waals surface area contributed by atoms with Gasteiger partial charge in [0.25, 0.3) is 0 Å². The van der Waals surface area contributed by atoms with Crippen molar-refractivity contribution in [3.05, 3.63) is 54.0 Å². The minimum atomic E-state index is 0.542. The van der Waals surface area contributed by atoms with Gasteiger partial charge in [-0.05, 0) is 18.6 Å². The van der Waals surface area contributed by atoms with Gasteiger partial charge in [-0.2, -0.15) is 0 Å². The highest BCUT2D eigenvalue weighted by atomic mass is 15.1. The van der Waals surface area contributed by atoms with Gasteiger partial charge in [-0.25, -0.2) is 4.98 Å². The molecule has 2 heterocycles. The lowest BCUT2D eigenvalue weighted by molar-refractivity contribution is 0.786. The Morgan fingerprint density at radius 3 is 2.78 bits per heavy atom. The molecule has 0 saturated heterocycles. The van der Waals surface area contributed by atoms with Crippen LogP contribution in [0.15, 0.2) is 42.7 Å². The van der Waals surface area contributed by atoms with Gasteiger partial charge < -0.3 is 10.3 Å². The Kier molecular flexibility index (Phi) is 2.48. The van der Waals surface area contributed by atoms with Crippen molar-refractivity contribution >= 4 is 16.9 Å². The molecule has 4 nitrogen and oxygen atoms in total. The Bertz CT molecular complexity index is 675. The van der Waals surface area contributed by atoms with E-state index in [2.05, 4.69) is 28.2 Å². The number of nitrogen functional groups attached to an aromatic ring is 1. The Hall–Kier alpha value is -2.36. The highest BCUT2D eigenvalue weighted by molar-refractivity contribution is 5.81. The molecule has 3 rings (SSSR count). The van der Waals surface area contributed by atoms with Crippen molar-refractivity contribution in [2.24, 2.45) is 0 Å². The van der Waals surface area contributed by atoms with Gasteiger partial charge in [0, 0.05) is 17.3 Å². The summed E-state index contributed by atoms with van der Waals surface area (Å²) in [5.41, 5.74) is 9.10. The Morgan fingerprint density at radius 2 is 2.00 bits per heavy atom. The molecule has 0 amide bonds. The van der Waals surface area contributed by atoms with Crippen molar-refractivity contribution < 1.29 is 0 Å². The molecule has 4 heteroatoms. The summed E-state index contributed by atoms with van der Waals surface area (Å²) < 4.78 is 1.99. The van der Waals surface area contributed by atoms with Crippen LogP contribution in [-0.4, -0.2) is 14.5 Å². The lowest BCUT2D eigenvalue weighted by Gasteiger charge is -2.09. The third-order valence-corrected chi connectivity index (χ3v) is 3.13. The topological polar surface area (TPSA) is 56.7 Å². The number of nitrogens with two attached hydrogens (primary N) is 1. The number of aryl methyl sites for hydroxylation is 1. The van der Waals surface area contributed by atoms with Crippen molar-refractivity contribution in [3.63, 3.8) is 0 Å². The predicted octanol–water partition coefficient (Wildman–Crippen LogP) is 2.37. The van der Waals surface area contributed by atoms with Gasteiger partial charge in [-0.1, -0.05) is 24.3 Å². The smallest absolute Gasteiger partial charge is 0.200 e. The zero-order chi connectivity index (χ0) is 12.5. The number of anilines is 1. The Morgan fingerprint density at radius 1 is 1.17 bits per heavy atom. The van der Waals surface area contributed by atoms with Gasteiger partial charge in [0.05, 0.1) is 18.3 Å². The van der Waals surface area contributed by atoms with Gasteiger partial charge >= 0.3 is 0 Å². The molecule has 0 bridgehead atoms. The van der Waals surface area contributed by atoms with Gasteiger partial charge in [0.1, 0.15) is 0 Å². The van der Waals surface area contributed by atoms with Crippen LogP contribution in [0.1, 0.15) is 11.3 Å². The number of aromatic nitrogens is 3. The number of rotatable bonds is 2. The van der Waals surface area contributed by atoms with E-state index in [1.54, 1.807) is 6.20 Å². The molecule has 0 atom stereocenters. The second kappa shape index (κ2) is 4.14. The van der Waals surface area contributed by atoms with Crippen LogP contribution in [0.2, 0.25) is 0 Å². The zero-order valence-electron chi connectivity index (χ0n) is 10.2. The Balaban J connectivity index is 2.11. The predicted molar refractivity (Wildman–Crippen MR) is 72.2 cm³/mol. The number of hydrogen-bond acceptors (Lipinski definition) is 3. The molecule has 0 aliphatic carbocycles. The van der Waals surface area contributed by atoms with E-state index in [0.717, 1.165) is 22.2 Å². The number of pyridine rings is 1. The number of fused-ring (bicyclic) bond motifs is 1. The van der Waals surface area contributed by atoms with E-state index >= 15 is 0 Å². The average Bonchev–Trinajstić information content (AvgIpc) is 2.71. The first-order valence-electron chi connectivity index (χ1n) is 5.86. The normalized spacial score (nSPS) is 10.9. The maximum absolute atomic E-state index is 5.86. The monoisotopic (exact) mass is 238 g/mol. The van der Waals surface area contributed by atoms with E-state index in [1.807, 2.05) is 29.8 Å². The summed E-state index contributed by atoms with van der Waals surface area (Å²) >= 11 is 0. The Labute approximate surface area is 105 Å². The summed E-state index contributed by atoms with van der Waals surface area (Å²) in [6.07, 6.45) is 3.60. The highest BCUT2D eigenvalue weighted by Gasteiger charge is 2.07. The SMILES string of the molecule is Cc1cnc(N)n1Cc1cccc2cccnc12. The first-order chi connectivity index (χ1) is 8.75. The van der Waals surface area contributed by atoms with E-state index in [-0.39, 0.29) is 0 Å². The largest absolute Gasteiger partial charge is 0.369 e. The summed E-state index contributed by atoms with van der Waals surface area (Å²) in [6.45, 7) is 2.70. The molecule has 2 N–H and O–H groups in total. The van der Waals surface area contributed by atoms with E-state index in [1.165, 1.54) is 0 Å². The molecule has 2 aromatic heterocycles. The van der Waals surface area contributed by atoms with E-state index in [9.17, 15) is 0 Å².